The zero-order valence-electron chi connectivity index (χ0n) is 10.5. The van der Waals surface area contributed by atoms with Crippen molar-refractivity contribution in [2.24, 2.45) is 0 Å². The number of hydrogen-bond acceptors (Lipinski definition) is 2. The van der Waals surface area contributed by atoms with E-state index < -0.39 is 0 Å². The molecular weight excluding hydrogens is 304 g/mol. The van der Waals surface area contributed by atoms with Gasteiger partial charge in [0.1, 0.15) is 5.75 Å². The molecule has 3 heteroatoms. The molecule has 0 saturated carbocycles. The summed E-state index contributed by atoms with van der Waals surface area (Å²) in [5, 5.41) is 0. The molecule has 0 unspecified atom stereocenters. The summed E-state index contributed by atoms with van der Waals surface area (Å²) < 4.78 is 6.13. The largest absolute Gasteiger partial charge is 0.496 e. The molecule has 19 heavy (non-hydrogen) atoms. The lowest BCUT2D eigenvalue weighted by molar-refractivity contribution is 0.104. The number of para-hydroxylation sites is 1. The molecule has 2 nitrogen and oxygen atoms in total. The first-order chi connectivity index (χ1) is 9.20. The summed E-state index contributed by atoms with van der Waals surface area (Å²) in [5.74, 6) is 0.716. The highest BCUT2D eigenvalue weighted by molar-refractivity contribution is 9.10. The van der Waals surface area contributed by atoms with Crippen molar-refractivity contribution in [1.29, 1.82) is 0 Å². The maximum atomic E-state index is 12.0. The third kappa shape index (κ3) is 3.55. The Bertz CT molecular complexity index is 618. The number of rotatable bonds is 4. The number of hydrogen-bond donors (Lipinski definition) is 0. The highest BCUT2D eigenvalue weighted by Crippen LogP contribution is 2.19. The molecule has 0 spiro atoms. The van der Waals surface area contributed by atoms with Gasteiger partial charge in [-0.15, -0.1) is 0 Å². The molecule has 0 aromatic heterocycles. The minimum atomic E-state index is -0.0350. The maximum absolute atomic E-state index is 12.0. The zero-order chi connectivity index (χ0) is 13.7. The molecule has 0 fully saturated rings. The quantitative estimate of drug-likeness (QED) is 0.619. The number of halogens is 1. The highest BCUT2D eigenvalue weighted by Gasteiger charge is 2.03. The van der Waals surface area contributed by atoms with Crippen LogP contribution in [-0.2, 0) is 0 Å². The zero-order valence-corrected chi connectivity index (χ0v) is 12.1. The molecule has 96 valence electrons. The predicted octanol–water partition coefficient (Wildman–Crippen LogP) is 4.35. The number of carbonyl (C=O) groups is 1. The van der Waals surface area contributed by atoms with Crippen LogP contribution in [-0.4, -0.2) is 12.9 Å². The van der Waals surface area contributed by atoms with E-state index in [9.17, 15) is 4.79 Å². The molecule has 2 rings (SSSR count). The summed E-state index contributed by atoms with van der Waals surface area (Å²) in [6.07, 6.45) is 3.32. The van der Waals surface area contributed by atoms with Crippen LogP contribution in [0.5, 0.6) is 5.75 Å². The average Bonchev–Trinajstić information content (AvgIpc) is 2.45. The normalized spacial score (nSPS) is 10.6. The predicted molar refractivity (Wildman–Crippen MR) is 80.5 cm³/mol. The van der Waals surface area contributed by atoms with E-state index in [-0.39, 0.29) is 5.78 Å². The molecule has 0 aliphatic heterocycles. The van der Waals surface area contributed by atoms with Crippen molar-refractivity contribution < 1.29 is 9.53 Å². The standard InChI is InChI=1S/C16H13BrO2/c1-19-16-8-3-2-5-12(16)9-10-15(18)13-6-4-7-14(17)11-13/h2-11H,1H3/b10-9+. The van der Waals surface area contributed by atoms with Gasteiger partial charge in [0.2, 0.25) is 0 Å². The Balaban J connectivity index is 2.21. The molecule has 0 aliphatic rings. The first kappa shape index (κ1) is 13.6. The van der Waals surface area contributed by atoms with Gasteiger partial charge in [0.15, 0.2) is 5.78 Å². The van der Waals surface area contributed by atoms with Crippen LogP contribution in [0.4, 0.5) is 0 Å². The molecule has 0 N–H and O–H groups in total. The van der Waals surface area contributed by atoms with E-state index in [0.29, 0.717) is 5.56 Å². The van der Waals surface area contributed by atoms with Crippen LogP contribution in [0, 0.1) is 0 Å². The smallest absolute Gasteiger partial charge is 0.185 e. The summed E-state index contributed by atoms with van der Waals surface area (Å²) in [7, 11) is 1.61. The fourth-order valence-corrected chi connectivity index (χ4v) is 2.11. The monoisotopic (exact) mass is 316 g/mol. The third-order valence-corrected chi connectivity index (χ3v) is 3.16. The van der Waals surface area contributed by atoms with Crippen LogP contribution in [0.15, 0.2) is 59.1 Å². The van der Waals surface area contributed by atoms with Crippen LogP contribution in [0.25, 0.3) is 6.08 Å². The molecule has 0 aliphatic carbocycles. The van der Waals surface area contributed by atoms with Gasteiger partial charge in [0.05, 0.1) is 7.11 Å². The number of ether oxygens (including phenoxy) is 1. The number of ketones is 1. The molecule has 0 saturated heterocycles. The van der Waals surface area contributed by atoms with Crippen molar-refractivity contribution in [2.75, 3.05) is 7.11 Å². The minimum Gasteiger partial charge on any atom is -0.496 e. The Labute approximate surface area is 120 Å². The van der Waals surface area contributed by atoms with Crippen LogP contribution >= 0.6 is 15.9 Å². The highest BCUT2D eigenvalue weighted by atomic mass is 79.9. The van der Waals surface area contributed by atoms with Crippen LogP contribution in [0.1, 0.15) is 15.9 Å². The van der Waals surface area contributed by atoms with Gasteiger partial charge >= 0.3 is 0 Å². The average molecular weight is 317 g/mol. The first-order valence-corrected chi connectivity index (χ1v) is 6.61. The van der Waals surface area contributed by atoms with Crippen LogP contribution in [0.3, 0.4) is 0 Å². The number of allylic oxidation sites excluding steroid dienone is 1. The van der Waals surface area contributed by atoms with Crippen molar-refractivity contribution >= 4 is 27.8 Å². The summed E-state index contributed by atoms with van der Waals surface area (Å²) in [6, 6.07) is 14.9. The fraction of sp³-hybridized carbons (Fsp3) is 0.0625. The second kappa shape index (κ2) is 6.34. The molecule has 2 aromatic rings. The minimum absolute atomic E-state index is 0.0350. The van der Waals surface area contributed by atoms with Crippen molar-refractivity contribution in [1.82, 2.24) is 0 Å². The summed E-state index contributed by atoms with van der Waals surface area (Å²) >= 11 is 3.35. The molecule has 0 amide bonds. The van der Waals surface area contributed by atoms with Gasteiger partial charge < -0.3 is 4.74 Å². The topological polar surface area (TPSA) is 26.3 Å². The van der Waals surface area contributed by atoms with Crippen molar-refractivity contribution in [2.45, 2.75) is 0 Å². The Hall–Kier alpha value is -1.87. The van der Waals surface area contributed by atoms with Gasteiger partial charge in [0.25, 0.3) is 0 Å². The Kier molecular flexibility index (Phi) is 4.53. The molecule has 0 atom stereocenters. The van der Waals surface area contributed by atoms with E-state index in [1.54, 1.807) is 31.4 Å². The number of carbonyl (C=O) groups excluding carboxylic acids is 1. The fourth-order valence-electron chi connectivity index (χ4n) is 1.71. The van der Waals surface area contributed by atoms with Gasteiger partial charge in [0, 0.05) is 15.6 Å². The molecule has 0 bridgehead atoms. The SMILES string of the molecule is COc1ccccc1/C=C/C(=O)c1cccc(Br)c1. The van der Waals surface area contributed by atoms with Crippen LogP contribution < -0.4 is 4.74 Å². The molecule has 2 aromatic carbocycles. The Morgan fingerprint density at radius 2 is 1.95 bits per heavy atom. The van der Waals surface area contributed by atoms with E-state index in [1.165, 1.54) is 0 Å². The molecule has 0 heterocycles. The van der Waals surface area contributed by atoms with E-state index >= 15 is 0 Å². The third-order valence-electron chi connectivity index (χ3n) is 2.66. The van der Waals surface area contributed by atoms with Gasteiger partial charge in [-0.3, -0.25) is 4.79 Å². The molecular formula is C16H13BrO2. The van der Waals surface area contributed by atoms with E-state index in [4.69, 9.17) is 4.74 Å². The lowest BCUT2D eigenvalue weighted by Crippen LogP contribution is -1.94. The maximum Gasteiger partial charge on any atom is 0.185 e. The van der Waals surface area contributed by atoms with Gasteiger partial charge in [-0.2, -0.15) is 0 Å². The van der Waals surface area contributed by atoms with Gasteiger partial charge in [-0.1, -0.05) is 46.3 Å². The second-order valence-electron chi connectivity index (χ2n) is 3.95. The van der Waals surface area contributed by atoms with Crippen LogP contribution in [0.2, 0.25) is 0 Å². The molecule has 0 radical (unpaired) electrons. The second-order valence-corrected chi connectivity index (χ2v) is 4.87. The van der Waals surface area contributed by atoms with E-state index in [0.717, 1.165) is 15.8 Å². The van der Waals surface area contributed by atoms with E-state index in [1.807, 2.05) is 36.4 Å². The Morgan fingerprint density at radius 1 is 1.16 bits per heavy atom. The Morgan fingerprint density at radius 3 is 2.68 bits per heavy atom. The lowest BCUT2D eigenvalue weighted by Gasteiger charge is -2.03. The lowest BCUT2D eigenvalue weighted by atomic mass is 10.1. The van der Waals surface area contributed by atoms with Gasteiger partial charge in [-0.25, -0.2) is 0 Å². The summed E-state index contributed by atoms with van der Waals surface area (Å²) in [5.41, 5.74) is 1.54. The van der Waals surface area contributed by atoms with Gasteiger partial charge in [-0.05, 0) is 30.4 Å². The van der Waals surface area contributed by atoms with Crippen molar-refractivity contribution in [3.8, 4) is 5.75 Å². The van der Waals surface area contributed by atoms with Crippen molar-refractivity contribution in [3.05, 3.63) is 70.2 Å². The van der Waals surface area contributed by atoms with E-state index in [2.05, 4.69) is 15.9 Å². The number of methoxy groups -OCH3 is 1. The summed E-state index contributed by atoms with van der Waals surface area (Å²) in [6.45, 7) is 0. The van der Waals surface area contributed by atoms with Crippen molar-refractivity contribution in [3.63, 3.8) is 0 Å². The first-order valence-electron chi connectivity index (χ1n) is 5.81. The summed E-state index contributed by atoms with van der Waals surface area (Å²) in [4.78, 5) is 12.0. The number of benzene rings is 2.